The van der Waals surface area contributed by atoms with Gasteiger partial charge in [0.05, 0.1) is 0 Å². The van der Waals surface area contributed by atoms with Crippen LogP contribution in [0.3, 0.4) is 0 Å². The van der Waals surface area contributed by atoms with Crippen LogP contribution < -0.4 is 5.32 Å². The summed E-state index contributed by atoms with van der Waals surface area (Å²) in [6.07, 6.45) is 2.76. The largest absolute Gasteiger partial charge is 0.305 e. The van der Waals surface area contributed by atoms with Gasteiger partial charge in [0.25, 0.3) is 0 Å². The van der Waals surface area contributed by atoms with Crippen LogP contribution in [0.15, 0.2) is 41.8 Å². The average molecular weight is 257 g/mol. The Morgan fingerprint density at radius 1 is 1.22 bits per heavy atom. The van der Waals surface area contributed by atoms with Crippen LogP contribution in [0.1, 0.15) is 47.7 Å². The van der Waals surface area contributed by atoms with Crippen LogP contribution >= 0.6 is 11.3 Å². The molecule has 1 N–H and O–H groups in total. The van der Waals surface area contributed by atoms with E-state index in [2.05, 4.69) is 54.0 Å². The molecule has 3 rings (SSSR count). The summed E-state index contributed by atoms with van der Waals surface area (Å²) in [7, 11) is 0. The lowest BCUT2D eigenvalue weighted by molar-refractivity contribution is 0.583. The van der Waals surface area contributed by atoms with Gasteiger partial charge >= 0.3 is 0 Å². The Hall–Kier alpha value is -1.12. The molecule has 0 bridgehead atoms. The minimum absolute atomic E-state index is 0.438. The average Bonchev–Trinajstić information content (AvgIpc) is 3.11. The summed E-state index contributed by atoms with van der Waals surface area (Å²) in [5.74, 6) is 0.858. The summed E-state index contributed by atoms with van der Waals surface area (Å²) in [5.41, 5.74) is 2.90. The highest BCUT2D eigenvalue weighted by Gasteiger charge is 2.22. The van der Waals surface area contributed by atoms with Crippen molar-refractivity contribution in [3.8, 4) is 0 Å². The molecule has 1 aliphatic rings. The van der Waals surface area contributed by atoms with E-state index in [0.717, 1.165) is 12.5 Å². The van der Waals surface area contributed by atoms with Crippen molar-refractivity contribution in [3.05, 3.63) is 57.8 Å². The van der Waals surface area contributed by atoms with Crippen molar-refractivity contribution in [1.29, 1.82) is 0 Å². The zero-order valence-electron chi connectivity index (χ0n) is 10.7. The highest BCUT2D eigenvalue weighted by Crippen LogP contribution is 2.39. The first-order valence-electron chi connectivity index (χ1n) is 6.68. The maximum absolute atomic E-state index is 3.58. The maximum atomic E-state index is 3.58. The van der Waals surface area contributed by atoms with Gasteiger partial charge < -0.3 is 5.32 Å². The molecule has 94 valence electrons. The van der Waals surface area contributed by atoms with Crippen LogP contribution in [0, 0.1) is 0 Å². The Labute approximate surface area is 113 Å². The summed E-state index contributed by atoms with van der Waals surface area (Å²) in [6.45, 7) is 3.18. The highest BCUT2D eigenvalue weighted by molar-refractivity contribution is 7.10. The summed E-state index contributed by atoms with van der Waals surface area (Å²) in [6, 6.07) is 13.9. The first-order chi connectivity index (χ1) is 8.83. The Morgan fingerprint density at radius 3 is 2.61 bits per heavy atom. The molecule has 2 aromatic rings. The van der Waals surface area contributed by atoms with Gasteiger partial charge in [0, 0.05) is 17.5 Å². The molecule has 1 fully saturated rings. The van der Waals surface area contributed by atoms with Crippen molar-refractivity contribution in [2.24, 2.45) is 0 Å². The van der Waals surface area contributed by atoms with Crippen LogP contribution in [0.2, 0.25) is 0 Å². The summed E-state index contributed by atoms with van der Waals surface area (Å²) < 4.78 is 0. The minimum atomic E-state index is 0.438. The second kappa shape index (κ2) is 5.25. The molecule has 0 spiro atoms. The lowest BCUT2D eigenvalue weighted by Gasteiger charge is -2.12. The van der Waals surface area contributed by atoms with E-state index in [0.29, 0.717) is 6.04 Å². The van der Waals surface area contributed by atoms with Gasteiger partial charge in [0.2, 0.25) is 0 Å². The number of nitrogens with one attached hydrogen (secondary N) is 1. The summed E-state index contributed by atoms with van der Waals surface area (Å²) >= 11 is 1.82. The standard InChI is InChI=1S/C16H19NS/c1-12(16-3-2-10-18-16)17-11-13-4-6-14(7-5-13)15-8-9-15/h2-7,10,12,15,17H,8-9,11H2,1H3. The predicted molar refractivity (Wildman–Crippen MR) is 78.0 cm³/mol. The monoisotopic (exact) mass is 257 g/mol. The third kappa shape index (κ3) is 2.82. The lowest BCUT2D eigenvalue weighted by Crippen LogP contribution is -2.17. The molecule has 1 aromatic heterocycles. The van der Waals surface area contributed by atoms with Crippen LogP contribution in [0.4, 0.5) is 0 Å². The van der Waals surface area contributed by atoms with E-state index in [1.54, 1.807) is 0 Å². The van der Waals surface area contributed by atoms with Crippen molar-refractivity contribution in [2.45, 2.75) is 38.3 Å². The fourth-order valence-corrected chi connectivity index (χ4v) is 2.99. The van der Waals surface area contributed by atoms with Gasteiger partial charge in [0.15, 0.2) is 0 Å². The fraction of sp³-hybridized carbons (Fsp3) is 0.375. The number of thiophene rings is 1. The molecular formula is C16H19NS. The minimum Gasteiger partial charge on any atom is -0.305 e. The topological polar surface area (TPSA) is 12.0 Å². The molecule has 2 heteroatoms. The molecule has 1 aliphatic carbocycles. The number of hydrogen-bond donors (Lipinski definition) is 1. The summed E-state index contributed by atoms with van der Waals surface area (Å²) in [4.78, 5) is 1.41. The van der Waals surface area contributed by atoms with E-state index in [-0.39, 0.29) is 0 Å². The van der Waals surface area contributed by atoms with Gasteiger partial charge in [-0.2, -0.15) is 0 Å². The highest BCUT2D eigenvalue weighted by atomic mass is 32.1. The van der Waals surface area contributed by atoms with Crippen molar-refractivity contribution < 1.29 is 0 Å². The van der Waals surface area contributed by atoms with E-state index in [1.165, 1.54) is 28.8 Å². The van der Waals surface area contributed by atoms with E-state index in [9.17, 15) is 0 Å². The fourth-order valence-electron chi connectivity index (χ4n) is 2.23. The number of rotatable bonds is 5. The Bertz CT molecular complexity index is 482. The van der Waals surface area contributed by atoms with E-state index >= 15 is 0 Å². The molecule has 0 amide bonds. The Kier molecular flexibility index (Phi) is 3.48. The Balaban J connectivity index is 1.56. The van der Waals surface area contributed by atoms with Crippen LogP contribution in [0.5, 0.6) is 0 Å². The van der Waals surface area contributed by atoms with Gasteiger partial charge in [-0.3, -0.25) is 0 Å². The zero-order valence-corrected chi connectivity index (χ0v) is 11.5. The molecule has 1 unspecified atom stereocenters. The molecule has 0 aliphatic heterocycles. The van der Waals surface area contributed by atoms with Crippen molar-refractivity contribution in [2.75, 3.05) is 0 Å². The molecule has 1 aromatic carbocycles. The van der Waals surface area contributed by atoms with E-state index in [4.69, 9.17) is 0 Å². The molecule has 0 radical (unpaired) electrons. The van der Waals surface area contributed by atoms with Crippen LogP contribution in [0.25, 0.3) is 0 Å². The summed E-state index contributed by atoms with van der Waals surface area (Å²) in [5, 5.41) is 5.71. The maximum Gasteiger partial charge on any atom is 0.0388 e. The van der Waals surface area contributed by atoms with Crippen LogP contribution in [-0.4, -0.2) is 0 Å². The first-order valence-corrected chi connectivity index (χ1v) is 7.56. The quantitative estimate of drug-likeness (QED) is 0.833. The molecule has 18 heavy (non-hydrogen) atoms. The SMILES string of the molecule is CC(NCc1ccc(C2CC2)cc1)c1cccs1. The molecule has 1 heterocycles. The molecule has 1 nitrogen and oxygen atoms in total. The van der Waals surface area contributed by atoms with E-state index in [1.807, 2.05) is 11.3 Å². The van der Waals surface area contributed by atoms with Gasteiger partial charge in [-0.1, -0.05) is 30.3 Å². The first kappa shape index (κ1) is 11.9. The molecular weight excluding hydrogens is 238 g/mol. The van der Waals surface area contributed by atoms with Gasteiger partial charge in [-0.05, 0) is 48.3 Å². The lowest BCUT2D eigenvalue weighted by atomic mass is 10.1. The zero-order chi connectivity index (χ0) is 12.4. The van der Waals surface area contributed by atoms with Gasteiger partial charge in [-0.15, -0.1) is 11.3 Å². The third-order valence-corrected chi connectivity index (χ3v) is 4.67. The molecule has 1 saturated carbocycles. The van der Waals surface area contributed by atoms with Crippen molar-refractivity contribution >= 4 is 11.3 Å². The predicted octanol–water partition coefficient (Wildman–Crippen LogP) is 4.48. The second-order valence-electron chi connectivity index (χ2n) is 5.13. The number of benzene rings is 1. The van der Waals surface area contributed by atoms with Crippen LogP contribution in [-0.2, 0) is 6.54 Å². The third-order valence-electron chi connectivity index (χ3n) is 3.61. The molecule has 0 saturated heterocycles. The van der Waals surface area contributed by atoms with E-state index < -0.39 is 0 Å². The number of hydrogen-bond acceptors (Lipinski definition) is 2. The normalized spacial score (nSPS) is 16.7. The van der Waals surface area contributed by atoms with Gasteiger partial charge in [0.1, 0.15) is 0 Å². The Morgan fingerprint density at radius 2 is 2.00 bits per heavy atom. The molecule has 1 atom stereocenters. The smallest absolute Gasteiger partial charge is 0.0388 e. The second-order valence-corrected chi connectivity index (χ2v) is 6.11. The van der Waals surface area contributed by atoms with Crippen molar-refractivity contribution in [1.82, 2.24) is 5.32 Å². The van der Waals surface area contributed by atoms with Crippen molar-refractivity contribution in [3.63, 3.8) is 0 Å². The van der Waals surface area contributed by atoms with Gasteiger partial charge in [-0.25, -0.2) is 0 Å².